The summed E-state index contributed by atoms with van der Waals surface area (Å²) in [5.41, 5.74) is 5.64. The van der Waals surface area contributed by atoms with E-state index in [1.807, 2.05) is 0 Å². The highest BCUT2D eigenvalue weighted by Crippen LogP contribution is 2.28. The Labute approximate surface area is 116 Å². The molecule has 110 valence electrons. The van der Waals surface area contributed by atoms with Crippen molar-refractivity contribution in [2.45, 2.75) is 26.2 Å². The summed E-state index contributed by atoms with van der Waals surface area (Å²) in [5, 5.41) is 13.9. The second kappa shape index (κ2) is 6.47. The smallest absolute Gasteiger partial charge is 0.332 e. The van der Waals surface area contributed by atoms with Crippen LogP contribution >= 0.6 is 0 Å². The number of nitro groups is 1. The van der Waals surface area contributed by atoms with Gasteiger partial charge in [-0.25, -0.2) is 4.98 Å². The molecule has 2 rings (SSSR count). The molecular weight excluding hydrogens is 262 g/mol. The molecule has 0 atom stereocenters. The number of aryl methyl sites for hydroxylation is 1. The van der Waals surface area contributed by atoms with Crippen LogP contribution in [0.4, 0.5) is 17.5 Å². The van der Waals surface area contributed by atoms with Gasteiger partial charge in [0.1, 0.15) is 5.69 Å². The maximum Gasteiger partial charge on any atom is 0.332 e. The summed E-state index contributed by atoms with van der Waals surface area (Å²) >= 11 is 0. The highest BCUT2D eigenvalue weighted by atomic mass is 16.6. The minimum Gasteiger partial charge on any atom is -0.381 e. The standard InChI is InChI=1S/C12H19N5O3/c1-8-10(17(18)19)11(16-12(13)15-8)14-5-2-6-20-7-9-3-4-9/h9H,2-7H2,1H3,(H3,13,14,15,16). The number of rotatable bonds is 8. The largest absolute Gasteiger partial charge is 0.381 e. The van der Waals surface area contributed by atoms with Crippen LogP contribution in [0.2, 0.25) is 0 Å². The molecule has 0 bridgehead atoms. The Kier molecular flexibility index (Phi) is 4.67. The SMILES string of the molecule is Cc1nc(N)nc(NCCCOCC2CC2)c1[N+](=O)[O-]. The van der Waals surface area contributed by atoms with Gasteiger partial charge in [-0.2, -0.15) is 4.98 Å². The summed E-state index contributed by atoms with van der Waals surface area (Å²) in [6, 6.07) is 0. The summed E-state index contributed by atoms with van der Waals surface area (Å²) in [6.07, 6.45) is 3.29. The summed E-state index contributed by atoms with van der Waals surface area (Å²) in [7, 11) is 0. The molecule has 1 aromatic heterocycles. The Hall–Kier alpha value is -1.96. The Morgan fingerprint density at radius 1 is 1.50 bits per heavy atom. The molecule has 0 spiro atoms. The molecule has 0 aromatic carbocycles. The van der Waals surface area contributed by atoms with Crippen molar-refractivity contribution >= 4 is 17.5 Å². The van der Waals surface area contributed by atoms with E-state index in [0.717, 1.165) is 18.9 Å². The summed E-state index contributed by atoms with van der Waals surface area (Å²) < 4.78 is 5.49. The van der Waals surface area contributed by atoms with E-state index in [4.69, 9.17) is 10.5 Å². The molecule has 1 aliphatic rings. The van der Waals surface area contributed by atoms with Crippen LogP contribution in [0, 0.1) is 23.0 Å². The van der Waals surface area contributed by atoms with Crippen LogP contribution in [-0.4, -0.2) is 34.6 Å². The van der Waals surface area contributed by atoms with Crippen molar-refractivity contribution in [3.63, 3.8) is 0 Å². The Bertz CT molecular complexity index is 490. The lowest BCUT2D eigenvalue weighted by Gasteiger charge is -2.08. The molecule has 1 heterocycles. The molecule has 0 amide bonds. The van der Waals surface area contributed by atoms with Gasteiger partial charge in [-0.05, 0) is 32.1 Å². The second-order valence-electron chi connectivity index (χ2n) is 4.92. The fourth-order valence-electron chi connectivity index (χ4n) is 1.85. The molecule has 0 radical (unpaired) electrons. The molecule has 20 heavy (non-hydrogen) atoms. The fourth-order valence-corrected chi connectivity index (χ4v) is 1.85. The van der Waals surface area contributed by atoms with Gasteiger partial charge >= 0.3 is 5.69 Å². The number of aromatic nitrogens is 2. The van der Waals surface area contributed by atoms with Crippen LogP contribution in [0.1, 0.15) is 25.0 Å². The van der Waals surface area contributed by atoms with Gasteiger partial charge in [0.2, 0.25) is 11.8 Å². The lowest BCUT2D eigenvalue weighted by atomic mass is 10.3. The van der Waals surface area contributed by atoms with Crippen LogP contribution in [0.25, 0.3) is 0 Å². The van der Waals surface area contributed by atoms with E-state index in [2.05, 4.69) is 15.3 Å². The maximum atomic E-state index is 11.0. The van der Waals surface area contributed by atoms with Crippen LogP contribution in [0.15, 0.2) is 0 Å². The van der Waals surface area contributed by atoms with E-state index in [0.29, 0.717) is 13.2 Å². The van der Waals surface area contributed by atoms with Gasteiger partial charge in [0.25, 0.3) is 0 Å². The number of anilines is 2. The minimum absolute atomic E-state index is 0.0283. The Balaban J connectivity index is 1.82. The highest BCUT2D eigenvalue weighted by Gasteiger charge is 2.22. The third-order valence-electron chi connectivity index (χ3n) is 3.07. The molecule has 8 nitrogen and oxygen atoms in total. The van der Waals surface area contributed by atoms with Gasteiger partial charge in [0, 0.05) is 19.8 Å². The number of hydrogen-bond donors (Lipinski definition) is 2. The lowest BCUT2D eigenvalue weighted by molar-refractivity contribution is -0.385. The molecule has 0 unspecified atom stereocenters. The maximum absolute atomic E-state index is 11.0. The first-order valence-corrected chi connectivity index (χ1v) is 6.68. The molecule has 1 aromatic rings. The van der Waals surface area contributed by atoms with Crippen molar-refractivity contribution < 1.29 is 9.66 Å². The first-order chi connectivity index (χ1) is 9.58. The quantitative estimate of drug-likeness (QED) is 0.421. The average Bonchev–Trinajstić information content (AvgIpc) is 3.16. The molecule has 0 aliphatic heterocycles. The van der Waals surface area contributed by atoms with E-state index in [-0.39, 0.29) is 23.1 Å². The molecule has 1 saturated carbocycles. The van der Waals surface area contributed by atoms with Crippen LogP contribution in [0.5, 0.6) is 0 Å². The summed E-state index contributed by atoms with van der Waals surface area (Å²) in [5.74, 6) is 0.941. The molecule has 1 aliphatic carbocycles. The van der Waals surface area contributed by atoms with Gasteiger partial charge in [-0.15, -0.1) is 0 Å². The van der Waals surface area contributed by atoms with Crippen molar-refractivity contribution in [2.75, 3.05) is 30.8 Å². The lowest BCUT2D eigenvalue weighted by Crippen LogP contribution is -2.12. The number of nitrogens with zero attached hydrogens (tertiary/aromatic N) is 3. The van der Waals surface area contributed by atoms with Gasteiger partial charge in [-0.1, -0.05) is 0 Å². The molecular formula is C12H19N5O3. The zero-order valence-corrected chi connectivity index (χ0v) is 11.5. The average molecular weight is 281 g/mol. The van der Waals surface area contributed by atoms with Crippen molar-refractivity contribution in [3.05, 3.63) is 15.8 Å². The normalized spacial score (nSPS) is 14.2. The zero-order chi connectivity index (χ0) is 14.5. The Morgan fingerprint density at radius 2 is 2.25 bits per heavy atom. The third-order valence-corrected chi connectivity index (χ3v) is 3.07. The highest BCUT2D eigenvalue weighted by molar-refractivity contribution is 5.60. The second-order valence-corrected chi connectivity index (χ2v) is 4.92. The van der Waals surface area contributed by atoms with Crippen LogP contribution < -0.4 is 11.1 Å². The first-order valence-electron chi connectivity index (χ1n) is 6.68. The zero-order valence-electron chi connectivity index (χ0n) is 11.5. The fraction of sp³-hybridized carbons (Fsp3) is 0.667. The van der Waals surface area contributed by atoms with E-state index in [1.165, 1.54) is 12.8 Å². The predicted octanol–water partition coefficient (Wildman–Crippen LogP) is 1.50. The Morgan fingerprint density at radius 3 is 2.90 bits per heavy atom. The predicted molar refractivity (Wildman–Crippen MR) is 74.5 cm³/mol. The van der Waals surface area contributed by atoms with Crippen molar-refractivity contribution in [2.24, 2.45) is 5.92 Å². The van der Waals surface area contributed by atoms with Crippen molar-refractivity contribution in [1.82, 2.24) is 9.97 Å². The molecule has 0 saturated heterocycles. The molecule has 1 fully saturated rings. The van der Waals surface area contributed by atoms with Gasteiger partial charge in [0.15, 0.2) is 0 Å². The number of ether oxygens (including phenoxy) is 1. The number of hydrogen-bond acceptors (Lipinski definition) is 7. The van der Waals surface area contributed by atoms with E-state index in [1.54, 1.807) is 6.92 Å². The van der Waals surface area contributed by atoms with E-state index >= 15 is 0 Å². The van der Waals surface area contributed by atoms with E-state index in [9.17, 15) is 10.1 Å². The topological polar surface area (TPSA) is 116 Å². The molecule has 3 N–H and O–H groups in total. The minimum atomic E-state index is -0.499. The van der Waals surface area contributed by atoms with E-state index < -0.39 is 4.92 Å². The monoisotopic (exact) mass is 281 g/mol. The number of nitrogens with one attached hydrogen (secondary N) is 1. The third kappa shape index (κ3) is 4.02. The summed E-state index contributed by atoms with van der Waals surface area (Å²) in [6.45, 7) is 3.54. The molecule has 8 heteroatoms. The van der Waals surface area contributed by atoms with Crippen molar-refractivity contribution in [3.8, 4) is 0 Å². The number of nitrogens with two attached hydrogens (primary N) is 1. The number of nitrogen functional groups attached to an aromatic ring is 1. The van der Waals surface area contributed by atoms with Gasteiger partial charge < -0.3 is 15.8 Å². The van der Waals surface area contributed by atoms with Gasteiger partial charge in [-0.3, -0.25) is 10.1 Å². The van der Waals surface area contributed by atoms with Crippen molar-refractivity contribution in [1.29, 1.82) is 0 Å². The first kappa shape index (κ1) is 14.4. The summed E-state index contributed by atoms with van der Waals surface area (Å²) in [4.78, 5) is 18.2. The van der Waals surface area contributed by atoms with Gasteiger partial charge in [0.05, 0.1) is 4.92 Å². The van der Waals surface area contributed by atoms with Crippen LogP contribution in [0.3, 0.4) is 0 Å². The van der Waals surface area contributed by atoms with Crippen LogP contribution in [-0.2, 0) is 4.74 Å².